The molecule has 0 saturated carbocycles. The molecule has 2 amide bonds. The van der Waals surface area contributed by atoms with Crippen molar-refractivity contribution in [3.8, 4) is 0 Å². The second-order valence-electron chi connectivity index (χ2n) is 7.48. The molecule has 146 valence electrons. The van der Waals surface area contributed by atoms with Crippen LogP contribution in [0.1, 0.15) is 17.0 Å². The number of imidazole rings is 1. The van der Waals surface area contributed by atoms with E-state index in [0.717, 1.165) is 29.9 Å². The lowest BCUT2D eigenvalue weighted by atomic mass is 10.1. The van der Waals surface area contributed by atoms with Gasteiger partial charge in [0, 0.05) is 26.2 Å². The van der Waals surface area contributed by atoms with Gasteiger partial charge in [0.2, 0.25) is 0 Å². The molecule has 3 N–H and O–H groups in total. The number of rotatable bonds is 3. The summed E-state index contributed by atoms with van der Waals surface area (Å²) in [6.45, 7) is 8.32. The van der Waals surface area contributed by atoms with E-state index in [1.165, 1.54) is 11.1 Å². The normalized spacial score (nSPS) is 23.9. The quantitative estimate of drug-likeness (QED) is 0.739. The van der Waals surface area contributed by atoms with Crippen molar-refractivity contribution in [3.05, 3.63) is 29.1 Å². The van der Waals surface area contributed by atoms with Crippen molar-refractivity contribution >= 4 is 17.1 Å². The number of hydrogen-bond acceptors (Lipinski definition) is 5. The van der Waals surface area contributed by atoms with E-state index in [4.69, 9.17) is 4.74 Å². The van der Waals surface area contributed by atoms with E-state index in [1.54, 1.807) is 4.90 Å². The van der Waals surface area contributed by atoms with Crippen LogP contribution < -0.4 is 5.32 Å². The highest BCUT2D eigenvalue weighted by atomic mass is 16.5. The van der Waals surface area contributed by atoms with Crippen molar-refractivity contribution in [3.63, 3.8) is 0 Å². The lowest BCUT2D eigenvalue weighted by Gasteiger charge is -2.33. The van der Waals surface area contributed by atoms with Crippen molar-refractivity contribution in [2.75, 3.05) is 39.4 Å². The summed E-state index contributed by atoms with van der Waals surface area (Å²) in [5, 5.41) is 13.3. The first kappa shape index (κ1) is 18.2. The largest absolute Gasteiger partial charge is 0.390 e. The van der Waals surface area contributed by atoms with Crippen molar-refractivity contribution < 1.29 is 14.6 Å². The third kappa shape index (κ3) is 3.78. The van der Waals surface area contributed by atoms with Gasteiger partial charge in [-0.3, -0.25) is 4.90 Å². The molecule has 8 nitrogen and oxygen atoms in total. The van der Waals surface area contributed by atoms with Crippen LogP contribution in [0.3, 0.4) is 0 Å². The molecule has 3 heterocycles. The van der Waals surface area contributed by atoms with Gasteiger partial charge in [0.25, 0.3) is 0 Å². The molecule has 27 heavy (non-hydrogen) atoms. The summed E-state index contributed by atoms with van der Waals surface area (Å²) in [6.07, 6.45) is -0.522. The molecule has 2 aliphatic rings. The van der Waals surface area contributed by atoms with E-state index in [1.807, 2.05) is 0 Å². The van der Waals surface area contributed by atoms with E-state index in [9.17, 15) is 9.90 Å². The Labute approximate surface area is 158 Å². The maximum absolute atomic E-state index is 12.5. The third-order valence-corrected chi connectivity index (χ3v) is 5.61. The minimum absolute atomic E-state index is 0.0169. The number of amides is 2. The van der Waals surface area contributed by atoms with Gasteiger partial charge in [-0.25, -0.2) is 9.78 Å². The summed E-state index contributed by atoms with van der Waals surface area (Å²) in [6, 6.07) is 3.94. The number of hydrogen-bond donors (Lipinski definition) is 3. The van der Waals surface area contributed by atoms with E-state index in [2.05, 4.69) is 46.2 Å². The van der Waals surface area contributed by atoms with Crippen LogP contribution in [0.5, 0.6) is 0 Å². The number of morpholine rings is 1. The standard InChI is InChI=1S/C19H27N5O3/c1-12-7-14-15(8-13(12)2)22-18(21-14)9-20-19(26)24-10-16(17(25)11-24)23-3-5-27-6-4-23/h7-8,16-17,25H,3-6,9-11H2,1-2H3,(H,20,26)(H,21,22)/t16-,17-/m0/s1. The maximum Gasteiger partial charge on any atom is 0.317 e. The Morgan fingerprint density at radius 2 is 2.04 bits per heavy atom. The Morgan fingerprint density at radius 1 is 1.30 bits per heavy atom. The zero-order chi connectivity index (χ0) is 19.0. The molecule has 2 saturated heterocycles. The second kappa shape index (κ2) is 7.46. The smallest absolute Gasteiger partial charge is 0.317 e. The summed E-state index contributed by atoms with van der Waals surface area (Å²) in [5.74, 6) is 0.729. The second-order valence-corrected chi connectivity index (χ2v) is 7.48. The molecule has 1 aromatic heterocycles. The molecule has 2 aliphatic heterocycles. The zero-order valence-electron chi connectivity index (χ0n) is 15.9. The summed E-state index contributed by atoms with van der Waals surface area (Å²) in [5.41, 5.74) is 4.30. The van der Waals surface area contributed by atoms with Crippen LogP contribution in [0.15, 0.2) is 12.1 Å². The number of H-pyrrole nitrogens is 1. The highest BCUT2D eigenvalue weighted by Gasteiger charge is 2.38. The minimum atomic E-state index is -0.522. The number of carbonyl (C=O) groups is 1. The lowest BCUT2D eigenvalue weighted by Crippen LogP contribution is -2.49. The Kier molecular flexibility index (Phi) is 5.03. The van der Waals surface area contributed by atoms with E-state index >= 15 is 0 Å². The highest BCUT2D eigenvalue weighted by Crippen LogP contribution is 2.19. The average molecular weight is 373 g/mol. The van der Waals surface area contributed by atoms with Crippen molar-refractivity contribution in [2.45, 2.75) is 32.5 Å². The van der Waals surface area contributed by atoms with Gasteiger partial charge >= 0.3 is 6.03 Å². The van der Waals surface area contributed by atoms with E-state index < -0.39 is 6.10 Å². The fourth-order valence-corrected chi connectivity index (χ4v) is 3.88. The van der Waals surface area contributed by atoms with Crippen molar-refractivity contribution in [1.82, 2.24) is 25.1 Å². The number of β-amino-alcohol motifs (C(OH)–C–C–N with tert-alkyl or cyclic N) is 1. The molecular weight excluding hydrogens is 346 g/mol. The van der Waals surface area contributed by atoms with Crippen molar-refractivity contribution in [1.29, 1.82) is 0 Å². The molecule has 0 unspecified atom stereocenters. The lowest BCUT2D eigenvalue weighted by molar-refractivity contribution is -0.00608. The zero-order valence-corrected chi connectivity index (χ0v) is 15.9. The first-order valence-electron chi connectivity index (χ1n) is 9.50. The summed E-state index contributed by atoms with van der Waals surface area (Å²) in [7, 11) is 0. The van der Waals surface area contributed by atoms with Gasteiger partial charge in [-0.1, -0.05) is 0 Å². The Bertz CT molecular complexity index is 791. The van der Waals surface area contributed by atoms with E-state index in [-0.39, 0.29) is 12.1 Å². The first-order chi connectivity index (χ1) is 13.0. The van der Waals surface area contributed by atoms with Crippen molar-refractivity contribution in [2.24, 2.45) is 0 Å². The van der Waals surface area contributed by atoms with Crippen LogP contribution in [0.25, 0.3) is 11.0 Å². The van der Waals surface area contributed by atoms with Gasteiger partial charge in [-0.15, -0.1) is 0 Å². The third-order valence-electron chi connectivity index (χ3n) is 5.61. The number of likely N-dealkylation sites (tertiary alicyclic amines) is 1. The number of ether oxygens (including phenoxy) is 1. The molecule has 0 bridgehead atoms. The van der Waals surface area contributed by atoms with E-state index in [0.29, 0.717) is 32.8 Å². The molecule has 0 aliphatic carbocycles. The number of nitrogens with zero attached hydrogens (tertiary/aromatic N) is 3. The molecule has 0 spiro atoms. The monoisotopic (exact) mass is 373 g/mol. The van der Waals surface area contributed by atoms with Crippen LogP contribution in [0.4, 0.5) is 4.79 Å². The SMILES string of the molecule is Cc1cc2nc(CNC(=O)N3C[C@H](O)[C@@H](N4CCOCC4)C3)[nH]c2cc1C. The Balaban J connectivity index is 1.35. The van der Waals surface area contributed by atoms with Crippen LogP contribution in [-0.4, -0.2) is 82.4 Å². The minimum Gasteiger partial charge on any atom is -0.390 e. The molecular formula is C19H27N5O3. The predicted octanol–water partition coefficient (Wildman–Crippen LogP) is 0.767. The topological polar surface area (TPSA) is 93.7 Å². The number of aromatic nitrogens is 2. The number of aliphatic hydroxyl groups is 1. The molecule has 2 fully saturated rings. The van der Waals surface area contributed by atoms with Crippen LogP contribution in [-0.2, 0) is 11.3 Å². The Hall–Kier alpha value is -2.16. The van der Waals surface area contributed by atoms with Gasteiger partial charge in [0.05, 0.1) is 42.9 Å². The fraction of sp³-hybridized carbons (Fsp3) is 0.579. The number of urea groups is 1. The molecule has 4 rings (SSSR count). The molecule has 2 atom stereocenters. The molecule has 0 radical (unpaired) electrons. The number of aromatic amines is 1. The number of carbonyl (C=O) groups excluding carboxylic acids is 1. The van der Waals surface area contributed by atoms with Gasteiger partial charge in [0.1, 0.15) is 5.82 Å². The molecule has 2 aromatic rings. The summed E-state index contributed by atoms with van der Waals surface area (Å²) < 4.78 is 5.37. The van der Waals surface area contributed by atoms with Crippen LogP contribution >= 0.6 is 0 Å². The number of fused-ring (bicyclic) bond motifs is 1. The summed E-state index contributed by atoms with van der Waals surface area (Å²) in [4.78, 5) is 24.2. The average Bonchev–Trinajstić information content (AvgIpc) is 3.24. The van der Waals surface area contributed by atoms with Gasteiger partial charge in [0.15, 0.2) is 0 Å². The molecule has 1 aromatic carbocycles. The van der Waals surface area contributed by atoms with Gasteiger partial charge in [-0.2, -0.15) is 0 Å². The van der Waals surface area contributed by atoms with Gasteiger partial charge < -0.3 is 25.0 Å². The predicted molar refractivity (Wildman–Crippen MR) is 102 cm³/mol. The summed E-state index contributed by atoms with van der Waals surface area (Å²) >= 11 is 0. The highest BCUT2D eigenvalue weighted by molar-refractivity contribution is 5.77. The Morgan fingerprint density at radius 3 is 2.81 bits per heavy atom. The number of aryl methyl sites for hydroxylation is 2. The maximum atomic E-state index is 12.5. The number of benzene rings is 1. The number of nitrogens with one attached hydrogen (secondary N) is 2. The molecule has 8 heteroatoms. The fourth-order valence-electron chi connectivity index (χ4n) is 3.88. The first-order valence-corrected chi connectivity index (χ1v) is 9.50. The van der Waals surface area contributed by atoms with Gasteiger partial charge in [-0.05, 0) is 37.1 Å². The number of aliphatic hydroxyl groups excluding tert-OH is 1. The van der Waals surface area contributed by atoms with Crippen LogP contribution in [0.2, 0.25) is 0 Å². The van der Waals surface area contributed by atoms with Crippen LogP contribution in [0, 0.1) is 13.8 Å².